The zero-order valence-corrected chi connectivity index (χ0v) is 18.5. The van der Waals surface area contributed by atoms with Crippen molar-refractivity contribution < 1.29 is 18.3 Å². The van der Waals surface area contributed by atoms with Gasteiger partial charge in [-0.2, -0.15) is 4.98 Å². The molecule has 166 valence electrons. The molecular weight excluding hydrogens is 422 g/mol. The quantitative estimate of drug-likeness (QED) is 0.377. The fourth-order valence-electron chi connectivity index (χ4n) is 3.60. The Morgan fingerprint density at radius 2 is 1.88 bits per heavy atom. The first-order chi connectivity index (χ1) is 15.9. The normalized spacial score (nSPS) is 11.4. The molecule has 0 saturated carbocycles. The fourth-order valence-corrected chi connectivity index (χ4v) is 3.60. The number of aryl methyl sites for hydroxylation is 2. The van der Waals surface area contributed by atoms with Gasteiger partial charge in [0.15, 0.2) is 11.6 Å². The second-order valence-corrected chi connectivity index (χ2v) is 8.04. The highest BCUT2D eigenvalue weighted by molar-refractivity contribution is 6.14. The minimum atomic E-state index is -0.347. The third kappa shape index (κ3) is 3.67. The Balaban J connectivity index is 1.59. The molecule has 0 aliphatic heterocycles. The third-order valence-corrected chi connectivity index (χ3v) is 5.34. The second kappa shape index (κ2) is 8.01. The Hall–Kier alpha value is -4.27. The summed E-state index contributed by atoms with van der Waals surface area (Å²) in [7, 11) is 0. The number of hydrogen-bond donors (Lipinski definition) is 1. The van der Waals surface area contributed by atoms with Crippen molar-refractivity contribution >= 4 is 22.7 Å². The number of furan rings is 1. The number of carbonyl (C=O) groups is 1. The van der Waals surface area contributed by atoms with Crippen molar-refractivity contribution in [2.45, 2.75) is 33.6 Å². The van der Waals surface area contributed by atoms with Gasteiger partial charge in [-0.25, -0.2) is 4.98 Å². The third-order valence-electron chi connectivity index (χ3n) is 5.34. The van der Waals surface area contributed by atoms with Crippen LogP contribution in [0.5, 0.6) is 0 Å². The van der Waals surface area contributed by atoms with Crippen LogP contribution in [0.15, 0.2) is 56.1 Å². The summed E-state index contributed by atoms with van der Waals surface area (Å²) in [5, 5.41) is 11.6. The van der Waals surface area contributed by atoms with Gasteiger partial charge in [-0.05, 0) is 43.7 Å². The van der Waals surface area contributed by atoms with E-state index >= 15 is 0 Å². The van der Waals surface area contributed by atoms with Gasteiger partial charge in [0.25, 0.3) is 17.5 Å². The van der Waals surface area contributed by atoms with Gasteiger partial charge >= 0.3 is 0 Å². The molecule has 0 aliphatic rings. The molecule has 4 aromatic heterocycles. The highest BCUT2D eigenvalue weighted by Crippen LogP contribution is 2.33. The average Bonchev–Trinajstić information content (AvgIpc) is 3.56. The Morgan fingerprint density at radius 3 is 2.61 bits per heavy atom. The van der Waals surface area contributed by atoms with Crippen molar-refractivity contribution in [1.29, 1.82) is 0 Å². The topological polar surface area (TPSA) is 120 Å². The molecular formula is C24H21N5O4. The van der Waals surface area contributed by atoms with Crippen LogP contribution in [0.3, 0.4) is 0 Å². The van der Waals surface area contributed by atoms with Crippen LogP contribution in [0.4, 0.5) is 5.69 Å². The summed E-state index contributed by atoms with van der Waals surface area (Å²) in [4.78, 5) is 22.5. The number of pyridine rings is 1. The predicted molar refractivity (Wildman–Crippen MR) is 121 cm³/mol. The molecule has 1 amide bonds. The predicted octanol–water partition coefficient (Wildman–Crippen LogP) is 5.53. The summed E-state index contributed by atoms with van der Waals surface area (Å²) in [6.07, 6.45) is 1.54. The summed E-state index contributed by atoms with van der Waals surface area (Å²) >= 11 is 0. The van der Waals surface area contributed by atoms with E-state index in [1.165, 1.54) is 0 Å². The lowest BCUT2D eigenvalue weighted by Crippen LogP contribution is -2.15. The van der Waals surface area contributed by atoms with E-state index < -0.39 is 0 Å². The highest BCUT2D eigenvalue weighted by atomic mass is 16.5. The van der Waals surface area contributed by atoms with Crippen molar-refractivity contribution in [3.8, 4) is 22.9 Å². The summed E-state index contributed by atoms with van der Waals surface area (Å²) in [5.74, 6) is 1.23. The molecule has 0 aliphatic carbocycles. The molecule has 0 saturated heterocycles. The van der Waals surface area contributed by atoms with Crippen LogP contribution in [0.2, 0.25) is 0 Å². The lowest BCUT2D eigenvalue weighted by molar-refractivity contribution is 0.102. The zero-order valence-electron chi connectivity index (χ0n) is 18.5. The van der Waals surface area contributed by atoms with Crippen LogP contribution >= 0.6 is 0 Å². The zero-order chi connectivity index (χ0) is 23.1. The number of nitrogens with one attached hydrogen (secondary N) is 1. The first kappa shape index (κ1) is 20.6. The second-order valence-electron chi connectivity index (χ2n) is 8.04. The maximum atomic E-state index is 13.5. The molecule has 9 heteroatoms. The van der Waals surface area contributed by atoms with Crippen LogP contribution in [-0.4, -0.2) is 26.2 Å². The van der Waals surface area contributed by atoms with E-state index in [1.807, 2.05) is 39.0 Å². The molecule has 1 aromatic carbocycles. The molecule has 33 heavy (non-hydrogen) atoms. The van der Waals surface area contributed by atoms with Crippen molar-refractivity contribution in [2.75, 3.05) is 5.32 Å². The van der Waals surface area contributed by atoms with Crippen LogP contribution in [-0.2, 0) is 0 Å². The number of aromatic nitrogens is 4. The number of para-hydroxylation sites is 1. The smallest absolute Gasteiger partial charge is 0.260 e. The van der Waals surface area contributed by atoms with Crippen molar-refractivity contribution in [3.05, 3.63) is 65.3 Å². The van der Waals surface area contributed by atoms with Crippen molar-refractivity contribution in [2.24, 2.45) is 0 Å². The van der Waals surface area contributed by atoms with Gasteiger partial charge in [0, 0.05) is 5.92 Å². The summed E-state index contributed by atoms with van der Waals surface area (Å²) in [5.41, 5.74) is 3.74. The maximum absolute atomic E-state index is 13.5. The van der Waals surface area contributed by atoms with Crippen molar-refractivity contribution in [1.82, 2.24) is 20.3 Å². The number of hydrogen-bond acceptors (Lipinski definition) is 8. The summed E-state index contributed by atoms with van der Waals surface area (Å²) in [6.45, 7) is 7.64. The largest absolute Gasteiger partial charge is 0.463 e. The number of fused-ring (bicyclic) bond motifs is 1. The van der Waals surface area contributed by atoms with Gasteiger partial charge in [0.05, 0.1) is 34.2 Å². The van der Waals surface area contributed by atoms with Crippen LogP contribution in [0, 0.1) is 13.8 Å². The molecule has 4 heterocycles. The van der Waals surface area contributed by atoms with E-state index in [0.717, 1.165) is 5.56 Å². The molecule has 9 nitrogen and oxygen atoms in total. The molecule has 0 fully saturated rings. The Kier molecular flexibility index (Phi) is 5.01. The first-order valence-electron chi connectivity index (χ1n) is 10.5. The van der Waals surface area contributed by atoms with E-state index in [2.05, 4.69) is 25.6 Å². The van der Waals surface area contributed by atoms with Gasteiger partial charge in [-0.15, -0.1) is 0 Å². The molecule has 1 N–H and O–H groups in total. The summed E-state index contributed by atoms with van der Waals surface area (Å²) < 4.78 is 16.3. The fraction of sp³-hybridized carbons (Fsp3) is 0.208. The minimum Gasteiger partial charge on any atom is -0.463 e. The lowest BCUT2D eigenvalue weighted by atomic mass is 10.1. The number of rotatable bonds is 5. The van der Waals surface area contributed by atoms with Gasteiger partial charge in [0.2, 0.25) is 0 Å². The van der Waals surface area contributed by atoms with E-state index in [1.54, 1.807) is 31.4 Å². The molecule has 0 bridgehead atoms. The van der Waals surface area contributed by atoms with E-state index in [0.29, 0.717) is 51.1 Å². The van der Waals surface area contributed by atoms with Gasteiger partial charge < -0.3 is 18.8 Å². The highest BCUT2D eigenvalue weighted by Gasteiger charge is 2.23. The van der Waals surface area contributed by atoms with Gasteiger partial charge in [0.1, 0.15) is 5.69 Å². The minimum absolute atomic E-state index is 0.118. The first-order valence-corrected chi connectivity index (χ1v) is 10.5. The van der Waals surface area contributed by atoms with Crippen LogP contribution in [0.1, 0.15) is 47.2 Å². The van der Waals surface area contributed by atoms with Crippen LogP contribution in [0.25, 0.3) is 34.0 Å². The number of benzene rings is 1. The van der Waals surface area contributed by atoms with E-state index in [9.17, 15) is 4.79 Å². The van der Waals surface area contributed by atoms with Gasteiger partial charge in [-0.3, -0.25) is 4.79 Å². The molecule has 5 aromatic rings. The Morgan fingerprint density at radius 1 is 1.03 bits per heavy atom. The van der Waals surface area contributed by atoms with Gasteiger partial charge in [-0.1, -0.05) is 36.3 Å². The number of anilines is 1. The SMILES string of the molecule is Cc1cccc(-c2nc(C(C)C)no2)c1NC(=O)c1cc(-c2ccco2)nc2onc(C)c12. The van der Waals surface area contributed by atoms with E-state index in [-0.39, 0.29) is 17.5 Å². The standard InChI is InChI=1S/C24H21N5O4/c1-12(2)21-27-23(32-29-21)15-8-5-7-13(3)20(15)26-22(30)16-11-17(18-9-6-10-31-18)25-24-19(16)14(4)28-33-24/h5-12H,1-4H3,(H,26,30). The van der Waals surface area contributed by atoms with Crippen molar-refractivity contribution in [3.63, 3.8) is 0 Å². The number of amides is 1. The number of nitrogens with zero attached hydrogens (tertiary/aromatic N) is 4. The maximum Gasteiger partial charge on any atom is 0.260 e. The molecule has 0 radical (unpaired) electrons. The molecule has 0 unspecified atom stereocenters. The summed E-state index contributed by atoms with van der Waals surface area (Å²) in [6, 6.07) is 10.8. The monoisotopic (exact) mass is 443 g/mol. The Labute approximate surface area is 188 Å². The van der Waals surface area contributed by atoms with Crippen LogP contribution < -0.4 is 5.32 Å². The van der Waals surface area contributed by atoms with E-state index in [4.69, 9.17) is 13.5 Å². The number of carbonyl (C=O) groups excluding carboxylic acids is 1. The molecule has 0 spiro atoms. The lowest BCUT2D eigenvalue weighted by Gasteiger charge is -2.12. The Bertz CT molecular complexity index is 1460. The molecule has 5 rings (SSSR count). The average molecular weight is 443 g/mol. The molecule has 0 atom stereocenters.